The Morgan fingerprint density at radius 2 is 1.81 bits per heavy atom. The van der Waals surface area contributed by atoms with Crippen molar-refractivity contribution >= 4 is 44.6 Å². The summed E-state index contributed by atoms with van der Waals surface area (Å²) in [5.41, 5.74) is 4.09. The van der Waals surface area contributed by atoms with E-state index in [1.54, 1.807) is 18.2 Å². The van der Waals surface area contributed by atoms with Crippen molar-refractivity contribution in [2.45, 2.75) is 25.9 Å². The van der Waals surface area contributed by atoms with Crippen molar-refractivity contribution in [1.82, 2.24) is 4.98 Å². The Hall–Kier alpha value is -1.70. The molecular formula is C24H17BrClFNNaO3. The van der Waals surface area contributed by atoms with Crippen molar-refractivity contribution in [2.24, 2.45) is 0 Å². The molecule has 8 heteroatoms. The largest absolute Gasteiger partial charge is 1.00 e. The molecule has 0 fully saturated rings. The summed E-state index contributed by atoms with van der Waals surface area (Å²) in [5, 5.41) is 11.4. The van der Waals surface area contributed by atoms with Crippen LogP contribution in [-0.4, -0.2) is 11.0 Å². The fourth-order valence-corrected chi connectivity index (χ4v) is 4.23. The van der Waals surface area contributed by atoms with Crippen molar-refractivity contribution in [1.29, 1.82) is 0 Å². The van der Waals surface area contributed by atoms with Gasteiger partial charge in [-0.1, -0.05) is 39.7 Å². The first-order valence-corrected chi connectivity index (χ1v) is 10.9. The number of benzene rings is 2. The molecule has 0 amide bonds. The number of rotatable bonds is 6. The van der Waals surface area contributed by atoms with Crippen LogP contribution in [0.4, 0.5) is 4.39 Å². The summed E-state index contributed by atoms with van der Waals surface area (Å²) >= 11 is 9.48. The molecule has 4 rings (SSSR count). The third-order valence-corrected chi connectivity index (χ3v) is 5.94. The zero-order valence-electron chi connectivity index (χ0n) is 17.3. The van der Waals surface area contributed by atoms with Gasteiger partial charge in [0.2, 0.25) is 0 Å². The van der Waals surface area contributed by atoms with Crippen LogP contribution in [0.3, 0.4) is 0 Å². The van der Waals surface area contributed by atoms with E-state index in [2.05, 4.69) is 20.9 Å². The van der Waals surface area contributed by atoms with Gasteiger partial charge in [-0.2, -0.15) is 0 Å². The number of nitrogens with zero attached hydrogens (tertiary/aromatic N) is 1. The summed E-state index contributed by atoms with van der Waals surface area (Å²) in [6.07, 6.45) is 2.49. The molecule has 0 atom stereocenters. The zero-order chi connectivity index (χ0) is 22.0. The number of carbonyl (C=O) groups excluding carboxylic acids is 1. The van der Waals surface area contributed by atoms with E-state index in [-0.39, 0.29) is 46.1 Å². The Morgan fingerprint density at radius 1 is 1.09 bits per heavy atom. The van der Waals surface area contributed by atoms with E-state index in [9.17, 15) is 14.3 Å². The van der Waals surface area contributed by atoms with Gasteiger partial charge < -0.3 is 14.6 Å². The number of carboxylic acid groups (broad SMARTS) is 1. The normalized spacial score (nSPS) is 13.1. The van der Waals surface area contributed by atoms with Gasteiger partial charge in [-0.15, -0.1) is 0 Å². The molecule has 3 aromatic rings. The van der Waals surface area contributed by atoms with Gasteiger partial charge in [0.05, 0.1) is 16.7 Å². The first-order chi connectivity index (χ1) is 14.9. The minimum absolute atomic E-state index is 0. The summed E-state index contributed by atoms with van der Waals surface area (Å²) < 4.78 is 20.1. The van der Waals surface area contributed by atoms with Crippen LogP contribution in [0, 0.1) is 5.82 Å². The number of halogens is 3. The summed E-state index contributed by atoms with van der Waals surface area (Å²) in [6, 6.07) is 15.2. The van der Waals surface area contributed by atoms with E-state index in [1.165, 1.54) is 18.2 Å². The molecule has 1 aromatic heterocycles. The van der Waals surface area contributed by atoms with E-state index in [0.29, 0.717) is 18.1 Å². The van der Waals surface area contributed by atoms with E-state index in [4.69, 9.17) is 16.3 Å². The molecule has 158 valence electrons. The van der Waals surface area contributed by atoms with Crippen LogP contribution in [0.1, 0.15) is 46.6 Å². The summed E-state index contributed by atoms with van der Waals surface area (Å²) in [4.78, 5) is 15.6. The van der Waals surface area contributed by atoms with Gasteiger partial charge in [0.1, 0.15) is 23.9 Å². The second-order valence-corrected chi connectivity index (χ2v) is 8.50. The van der Waals surface area contributed by atoms with Crippen LogP contribution >= 0.6 is 27.5 Å². The molecule has 0 bridgehead atoms. The van der Waals surface area contributed by atoms with Crippen LogP contribution in [0.5, 0.6) is 5.75 Å². The molecule has 0 aliphatic heterocycles. The molecule has 0 saturated carbocycles. The number of pyridine rings is 1. The second-order valence-electron chi connectivity index (χ2n) is 7.18. The molecule has 1 aliphatic carbocycles. The van der Waals surface area contributed by atoms with Crippen LogP contribution in [0.15, 0.2) is 59.1 Å². The Bertz CT molecular complexity index is 1180. The van der Waals surface area contributed by atoms with Gasteiger partial charge in [-0.3, -0.25) is 0 Å². The van der Waals surface area contributed by atoms with Crippen molar-refractivity contribution in [2.75, 3.05) is 0 Å². The molecule has 0 spiro atoms. The molecule has 0 saturated heterocycles. The van der Waals surface area contributed by atoms with Crippen molar-refractivity contribution in [3.05, 3.63) is 92.4 Å². The molecule has 4 nitrogen and oxygen atoms in total. The third kappa shape index (κ3) is 5.61. The third-order valence-electron chi connectivity index (χ3n) is 5.14. The van der Waals surface area contributed by atoms with Gasteiger partial charge >= 0.3 is 29.6 Å². The maximum absolute atomic E-state index is 13.2. The molecule has 2 aromatic carbocycles. The number of hydrogen-bond donors (Lipinski definition) is 0. The van der Waals surface area contributed by atoms with E-state index < -0.39 is 5.97 Å². The van der Waals surface area contributed by atoms with Crippen molar-refractivity contribution in [3.8, 4) is 5.75 Å². The monoisotopic (exact) mass is 523 g/mol. The van der Waals surface area contributed by atoms with E-state index >= 15 is 0 Å². The smallest absolute Gasteiger partial charge is 0.543 e. The number of allylic oxidation sites excluding steroid dienone is 2. The quantitative estimate of drug-likeness (QED) is 0.465. The second kappa shape index (κ2) is 10.9. The molecule has 1 aliphatic rings. The number of hydrogen-bond acceptors (Lipinski definition) is 4. The molecule has 32 heavy (non-hydrogen) atoms. The van der Waals surface area contributed by atoms with Gasteiger partial charge in [0.15, 0.2) is 0 Å². The standard InChI is InChI=1S/C24H18BrClFNO3.Na/c25-15-6-11-22(31-13-14-4-7-16(27)8-5-14)19(12-15)17-2-1-3-18(17)21-10-9-20(26)23(28-21)24(29)30;/h4-12H,1-3,13H2,(H,29,30);/q;+1/p-1. The number of aromatic carboxylic acids is 1. The fraction of sp³-hybridized carbons (Fsp3) is 0.167. The molecule has 0 N–H and O–H groups in total. The van der Waals surface area contributed by atoms with Crippen molar-refractivity contribution < 1.29 is 48.6 Å². The van der Waals surface area contributed by atoms with E-state index in [0.717, 1.165) is 46.0 Å². The number of aromatic nitrogens is 1. The van der Waals surface area contributed by atoms with Crippen molar-refractivity contribution in [3.63, 3.8) is 0 Å². The summed E-state index contributed by atoms with van der Waals surface area (Å²) in [5.74, 6) is -1.01. The number of carbonyl (C=O) groups is 1. The number of ether oxygens (including phenoxy) is 1. The van der Waals surface area contributed by atoms with E-state index in [1.807, 2.05) is 18.2 Å². The van der Waals surface area contributed by atoms with Crippen LogP contribution < -0.4 is 39.4 Å². The summed E-state index contributed by atoms with van der Waals surface area (Å²) in [6.45, 7) is 0.297. The Labute approximate surface area is 220 Å². The summed E-state index contributed by atoms with van der Waals surface area (Å²) in [7, 11) is 0. The topological polar surface area (TPSA) is 62.2 Å². The van der Waals surface area contributed by atoms with Crippen LogP contribution in [0.25, 0.3) is 11.1 Å². The fourth-order valence-electron chi connectivity index (χ4n) is 3.68. The zero-order valence-corrected chi connectivity index (χ0v) is 21.7. The Kier molecular flexibility index (Phi) is 8.53. The SMILES string of the molecule is O=C([O-])c1nc(C2=C(c3cc(Br)ccc3OCc3ccc(F)cc3)CCC2)ccc1Cl.[Na+]. The van der Waals surface area contributed by atoms with Crippen LogP contribution in [0.2, 0.25) is 5.02 Å². The average molecular weight is 525 g/mol. The minimum Gasteiger partial charge on any atom is -0.543 e. The maximum atomic E-state index is 13.2. The first-order valence-electron chi connectivity index (χ1n) is 9.70. The average Bonchev–Trinajstić information content (AvgIpc) is 3.24. The first kappa shape index (κ1) is 24.9. The van der Waals surface area contributed by atoms with Gasteiger partial charge in [-0.25, -0.2) is 9.37 Å². The number of carboxylic acids is 1. The van der Waals surface area contributed by atoms with Gasteiger partial charge in [-0.05, 0) is 78.4 Å². The van der Waals surface area contributed by atoms with Crippen LogP contribution in [-0.2, 0) is 6.61 Å². The molecular weight excluding hydrogens is 508 g/mol. The minimum atomic E-state index is -1.40. The molecule has 0 unspecified atom stereocenters. The predicted octanol–water partition coefficient (Wildman–Crippen LogP) is 2.68. The Balaban J connectivity index is 0.00000289. The Morgan fingerprint density at radius 3 is 2.53 bits per heavy atom. The van der Waals surface area contributed by atoms with Gasteiger partial charge in [0.25, 0.3) is 0 Å². The van der Waals surface area contributed by atoms with Gasteiger partial charge in [0, 0.05) is 10.0 Å². The molecule has 0 radical (unpaired) electrons. The predicted molar refractivity (Wildman–Crippen MR) is 119 cm³/mol. The molecule has 1 heterocycles. The maximum Gasteiger partial charge on any atom is 1.00 e.